The van der Waals surface area contributed by atoms with Gasteiger partial charge in [-0.2, -0.15) is 0 Å². The maximum absolute atomic E-state index is 12.2. The average molecular weight is 283 g/mol. The molecule has 1 saturated carbocycles. The molecule has 3 rings (SSSR count). The number of aromatic nitrogens is 1. The fraction of sp³-hybridized carbons (Fsp3) is 0.444. The van der Waals surface area contributed by atoms with Gasteiger partial charge in [-0.3, -0.25) is 9.78 Å². The number of nitrogens with zero attached hydrogens (tertiary/aromatic N) is 1. The van der Waals surface area contributed by atoms with Gasteiger partial charge >= 0.3 is 5.97 Å². The van der Waals surface area contributed by atoms with Gasteiger partial charge in [-0.25, -0.2) is 0 Å². The van der Waals surface area contributed by atoms with Gasteiger partial charge in [-0.15, -0.1) is 0 Å². The molecule has 3 heteroatoms. The third kappa shape index (κ3) is 3.23. The number of rotatable bonds is 3. The largest absolute Gasteiger partial charge is 0.458 e. The molecule has 0 N–H and O–H groups in total. The molecule has 0 bridgehead atoms. The molecule has 0 saturated heterocycles. The van der Waals surface area contributed by atoms with E-state index in [-0.39, 0.29) is 18.0 Å². The number of pyridine rings is 1. The molecule has 1 fully saturated rings. The number of para-hydroxylation sites is 1. The summed E-state index contributed by atoms with van der Waals surface area (Å²) in [6, 6.07) is 10.0. The highest BCUT2D eigenvalue weighted by Gasteiger charge is 2.24. The zero-order chi connectivity index (χ0) is 14.7. The topological polar surface area (TPSA) is 39.2 Å². The Morgan fingerprint density at radius 3 is 2.81 bits per heavy atom. The summed E-state index contributed by atoms with van der Waals surface area (Å²) in [5.41, 5.74) is 1.92. The SMILES string of the molecule is CC(OC(=O)C1CCCCC1)c1cnc2ccccc2c1. The van der Waals surface area contributed by atoms with E-state index in [1.165, 1.54) is 6.42 Å². The molecular weight excluding hydrogens is 262 g/mol. The lowest BCUT2D eigenvalue weighted by Gasteiger charge is -2.22. The minimum Gasteiger partial charge on any atom is -0.458 e. The van der Waals surface area contributed by atoms with Crippen molar-refractivity contribution in [3.8, 4) is 0 Å². The van der Waals surface area contributed by atoms with E-state index in [4.69, 9.17) is 4.74 Å². The molecule has 21 heavy (non-hydrogen) atoms. The second-order valence-electron chi connectivity index (χ2n) is 5.88. The lowest BCUT2D eigenvalue weighted by Crippen LogP contribution is -2.21. The van der Waals surface area contributed by atoms with Crippen molar-refractivity contribution in [2.24, 2.45) is 5.92 Å². The predicted octanol–water partition coefficient (Wildman–Crippen LogP) is 4.42. The maximum atomic E-state index is 12.2. The molecule has 1 aliphatic carbocycles. The molecule has 110 valence electrons. The van der Waals surface area contributed by atoms with Crippen LogP contribution in [0.2, 0.25) is 0 Å². The molecule has 1 aliphatic rings. The average Bonchev–Trinajstić information content (AvgIpc) is 2.55. The fourth-order valence-electron chi connectivity index (χ4n) is 2.99. The smallest absolute Gasteiger partial charge is 0.309 e. The monoisotopic (exact) mass is 283 g/mol. The van der Waals surface area contributed by atoms with Crippen molar-refractivity contribution in [2.45, 2.75) is 45.1 Å². The number of esters is 1. The second kappa shape index (κ2) is 6.25. The molecule has 1 aromatic carbocycles. The number of carbonyl (C=O) groups is 1. The number of hydrogen-bond acceptors (Lipinski definition) is 3. The van der Waals surface area contributed by atoms with Crippen LogP contribution in [0.25, 0.3) is 10.9 Å². The molecule has 1 unspecified atom stereocenters. The molecule has 0 amide bonds. The van der Waals surface area contributed by atoms with Crippen LogP contribution in [-0.4, -0.2) is 11.0 Å². The van der Waals surface area contributed by atoms with E-state index in [0.29, 0.717) is 0 Å². The third-order valence-electron chi connectivity index (χ3n) is 4.31. The van der Waals surface area contributed by atoms with Crippen molar-refractivity contribution in [3.05, 3.63) is 42.1 Å². The van der Waals surface area contributed by atoms with Gasteiger partial charge in [-0.05, 0) is 31.9 Å². The maximum Gasteiger partial charge on any atom is 0.309 e. The summed E-state index contributed by atoms with van der Waals surface area (Å²) in [5, 5.41) is 1.08. The number of fused-ring (bicyclic) bond motifs is 1. The fourth-order valence-corrected chi connectivity index (χ4v) is 2.99. The van der Waals surface area contributed by atoms with Gasteiger partial charge in [-0.1, -0.05) is 37.5 Å². The van der Waals surface area contributed by atoms with Crippen LogP contribution in [0.15, 0.2) is 36.5 Å². The summed E-state index contributed by atoms with van der Waals surface area (Å²) in [7, 11) is 0. The van der Waals surface area contributed by atoms with Gasteiger partial charge in [0.15, 0.2) is 0 Å². The van der Waals surface area contributed by atoms with Crippen LogP contribution in [0.1, 0.15) is 50.7 Å². The van der Waals surface area contributed by atoms with Gasteiger partial charge in [0.25, 0.3) is 0 Å². The summed E-state index contributed by atoms with van der Waals surface area (Å²) in [4.78, 5) is 16.6. The van der Waals surface area contributed by atoms with E-state index >= 15 is 0 Å². The van der Waals surface area contributed by atoms with Crippen LogP contribution >= 0.6 is 0 Å². The van der Waals surface area contributed by atoms with Crippen LogP contribution < -0.4 is 0 Å². The van der Waals surface area contributed by atoms with Crippen molar-refractivity contribution >= 4 is 16.9 Å². The first kappa shape index (κ1) is 14.1. The summed E-state index contributed by atoms with van der Waals surface area (Å²) in [6.07, 6.45) is 7.05. The number of hydrogen-bond donors (Lipinski definition) is 0. The molecule has 0 aliphatic heterocycles. The van der Waals surface area contributed by atoms with E-state index in [1.807, 2.05) is 31.2 Å². The highest BCUT2D eigenvalue weighted by Crippen LogP contribution is 2.27. The first-order chi connectivity index (χ1) is 10.2. The molecule has 0 spiro atoms. The normalized spacial score (nSPS) is 17.6. The summed E-state index contributed by atoms with van der Waals surface area (Å²) < 4.78 is 5.65. The number of carbonyl (C=O) groups excluding carboxylic acids is 1. The van der Waals surface area contributed by atoms with Crippen LogP contribution in [0.5, 0.6) is 0 Å². The zero-order valence-corrected chi connectivity index (χ0v) is 12.4. The highest BCUT2D eigenvalue weighted by atomic mass is 16.5. The van der Waals surface area contributed by atoms with E-state index in [2.05, 4.69) is 11.1 Å². The van der Waals surface area contributed by atoms with Crippen LogP contribution in [0.3, 0.4) is 0 Å². The van der Waals surface area contributed by atoms with Crippen molar-refractivity contribution in [3.63, 3.8) is 0 Å². The van der Waals surface area contributed by atoms with Gasteiger partial charge in [0.1, 0.15) is 6.10 Å². The van der Waals surface area contributed by atoms with Gasteiger partial charge < -0.3 is 4.74 Å². The standard InChI is InChI=1S/C18H21NO2/c1-13(21-18(20)14-7-3-2-4-8-14)16-11-15-9-5-6-10-17(15)19-12-16/h5-6,9-14H,2-4,7-8H2,1H3. The Balaban J connectivity index is 1.71. The van der Waals surface area contributed by atoms with E-state index in [9.17, 15) is 4.79 Å². The Morgan fingerprint density at radius 2 is 2.00 bits per heavy atom. The van der Waals surface area contributed by atoms with E-state index in [0.717, 1.165) is 42.1 Å². The van der Waals surface area contributed by atoms with Crippen molar-refractivity contribution in [2.75, 3.05) is 0 Å². The Hall–Kier alpha value is -1.90. The lowest BCUT2D eigenvalue weighted by atomic mass is 9.89. The highest BCUT2D eigenvalue weighted by molar-refractivity contribution is 5.79. The summed E-state index contributed by atoms with van der Waals surface area (Å²) in [5.74, 6) is 0.0463. The van der Waals surface area contributed by atoms with Gasteiger partial charge in [0.2, 0.25) is 0 Å². The third-order valence-corrected chi connectivity index (χ3v) is 4.31. The zero-order valence-electron chi connectivity index (χ0n) is 12.4. The van der Waals surface area contributed by atoms with Crippen LogP contribution in [-0.2, 0) is 9.53 Å². The molecule has 0 radical (unpaired) electrons. The molecule has 1 heterocycles. The van der Waals surface area contributed by atoms with Gasteiger partial charge in [0.05, 0.1) is 11.4 Å². The van der Waals surface area contributed by atoms with E-state index < -0.39 is 0 Å². The lowest BCUT2D eigenvalue weighted by molar-refractivity contribution is -0.154. The molecule has 1 aromatic heterocycles. The molecule has 3 nitrogen and oxygen atoms in total. The Morgan fingerprint density at radius 1 is 1.24 bits per heavy atom. The number of ether oxygens (including phenoxy) is 1. The predicted molar refractivity (Wildman–Crippen MR) is 82.8 cm³/mol. The quantitative estimate of drug-likeness (QED) is 0.783. The first-order valence-electron chi connectivity index (χ1n) is 7.79. The Labute approximate surface area is 125 Å². The van der Waals surface area contributed by atoms with Crippen LogP contribution in [0, 0.1) is 5.92 Å². The number of benzene rings is 1. The minimum absolute atomic E-state index is 0.0460. The van der Waals surface area contributed by atoms with Crippen molar-refractivity contribution in [1.82, 2.24) is 4.98 Å². The summed E-state index contributed by atoms with van der Waals surface area (Å²) >= 11 is 0. The Bertz CT molecular complexity index is 632. The first-order valence-corrected chi connectivity index (χ1v) is 7.79. The van der Waals surface area contributed by atoms with Gasteiger partial charge in [0, 0.05) is 17.1 Å². The van der Waals surface area contributed by atoms with Crippen LogP contribution in [0.4, 0.5) is 0 Å². The van der Waals surface area contributed by atoms with Crippen molar-refractivity contribution < 1.29 is 9.53 Å². The minimum atomic E-state index is -0.239. The Kier molecular flexibility index (Phi) is 4.18. The molecule has 2 aromatic rings. The second-order valence-corrected chi connectivity index (χ2v) is 5.88. The van der Waals surface area contributed by atoms with Crippen molar-refractivity contribution in [1.29, 1.82) is 0 Å². The summed E-state index contributed by atoms with van der Waals surface area (Å²) in [6.45, 7) is 1.92. The molecular formula is C18H21NO2. The van der Waals surface area contributed by atoms with E-state index in [1.54, 1.807) is 6.20 Å². The molecule has 1 atom stereocenters.